The van der Waals surface area contributed by atoms with Gasteiger partial charge in [-0.05, 0) is 25.9 Å². The van der Waals surface area contributed by atoms with Gasteiger partial charge in [-0.2, -0.15) is 0 Å². The molecule has 0 aliphatic carbocycles. The lowest BCUT2D eigenvalue weighted by Gasteiger charge is -2.21. The van der Waals surface area contributed by atoms with E-state index >= 15 is 0 Å². The first-order valence-corrected chi connectivity index (χ1v) is 5.64. The van der Waals surface area contributed by atoms with Gasteiger partial charge in [0.25, 0.3) is 0 Å². The summed E-state index contributed by atoms with van der Waals surface area (Å²) >= 11 is 0. The number of piperidine rings is 1. The van der Waals surface area contributed by atoms with E-state index in [1.165, 1.54) is 0 Å². The molecule has 1 saturated heterocycles. The fourth-order valence-electron chi connectivity index (χ4n) is 1.68. The number of hydrogen-bond acceptors (Lipinski definition) is 4. The molecule has 0 unspecified atom stereocenters. The van der Waals surface area contributed by atoms with E-state index in [0.717, 1.165) is 31.6 Å². The highest BCUT2D eigenvalue weighted by atomic mass is 14.9. The average Bonchev–Trinajstić information content (AvgIpc) is 2.34. The van der Waals surface area contributed by atoms with Gasteiger partial charge < -0.3 is 11.1 Å². The minimum Gasteiger partial charge on any atom is -0.382 e. The number of nitrogens with two attached hydrogens (primary N) is 1. The van der Waals surface area contributed by atoms with Crippen molar-refractivity contribution in [2.45, 2.75) is 32.6 Å². The van der Waals surface area contributed by atoms with Crippen molar-refractivity contribution in [3.63, 3.8) is 0 Å². The molecule has 0 bridgehead atoms. The largest absolute Gasteiger partial charge is 0.382 e. The lowest BCUT2D eigenvalue weighted by atomic mass is 9.95. The van der Waals surface area contributed by atoms with Gasteiger partial charge in [-0.25, -0.2) is 4.98 Å². The average molecular weight is 208 g/mol. The van der Waals surface area contributed by atoms with Crippen LogP contribution in [0, 0.1) is 0 Å². The molecule has 1 aromatic rings. The molecule has 1 aromatic heterocycles. The number of anilines is 1. The predicted molar refractivity (Wildman–Crippen MR) is 62.6 cm³/mol. The maximum atomic E-state index is 5.47. The Morgan fingerprint density at radius 1 is 1.20 bits per heavy atom. The van der Waals surface area contributed by atoms with Gasteiger partial charge >= 0.3 is 0 Å². The van der Waals surface area contributed by atoms with Crippen LogP contribution in [0.25, 0.3) is 0 Å². The molecule has 2 heterocycles. The summed E-state index contributed by atoms with van der Waals surface area (Å²) in [4.78, 5) is 8.34. The van der Waals surface area contributed by atoms with E-state index in [4.69, 9.17) is 5.73 Å². The number of rotatable bonds is 1. The van der Waals surface area contributed by atoms with E-state index in [-0.39, 0.29) is 0 Å². The molecule has 3 N–H and O–H groups in total. The molecule has 15 heavy (non-hydrogen) atoms. The zero-order valence-corrected chi connectivity index (χ0v) is 9.53. The van der Waals surface area contributed by atoms with Gasteiger partial charge in [-0.3, -0.25) is 4.98 Å². The van der Waals surface area contributed by atoms with E-state index in [0.29, 0.717) is 11.7 Å². The van der Waals surface area contributed by atoms with Crippen molar-refractivity contribution in [1.82, 2.24) is 15.3 Å². The van der Waals surface area contributed by atoms with Gasteiger partial charge in [0.15, 0.2) is 0 Å². The topological polar surface area (TPSA) is 63.8 Å². The standard InChI is InChI=1S/C9H14N4.C2H6/c10-9-6-12-8(5-13-9)7-1-3-11-4-2-7;1-2/h5-7,11H,1-4H2,(H2,10,13);1-2H3. The van der Waals surface area contributed by atoms with E-state index in [1.807, 2.05) is 13.8 Å². The molecule has 1 fully saturated rings. The summed E-state index contributed by atoms with van der Waals surface area (Å²) in [5.41, 5.74) is 6.55. The third-order valence-electron chi connectivity index (χ3n) is 2.45. The van der Waals surface area contributed by atoms with Crippen molar-refractivity contribution in [3.8, 4) is 0 Å². The first-order valence-electron chi connectivity index (χ1n) is 5.64. The second-order valence-electron chi connectivity index (χ2n) is 3.39. The lowest BCUT2D eigenvalue weighted by Crippen LogP contribution is -2.27. The molecule has 1 aliphatic heterocycles. The SMILES string of the molecule is CC.Nc1cnc(C2CCNCC2)cn1. The highest BCUT2D eigenvalue weighted by Crippen LogP contribution is 2.22. The summed E-state index contributed by atoms with van der Waals surface area (Å²) in [5.74, 6) is 1.06. The Bertz CT molecular complexity index is 264. The molecule has 0 atom stereocenters. The van der Waals surface area contributed by atoms with Crippen LogP contribution in [0.4, 0.5) is 5.82 Å². The van der Waals surface area contributed by atoms with Crippen molar-refractivity contribution in [2.24, 2.45) is 0 Å². The number of nitrogens with zero attached hydrogens (tertiary/aromatic N) is 2. The zero-order valence-electron chi connectivity index (χ0n) is 9.53. The third-order valence-corrected chi connectivity index (χ3v) is 2.45. The molecular formula is C11H20N4. The van der Waals surface area contributed by atoms with E-state index in [1.54, 1.807) is 12.4 Å². The molecule has 0 saturated carbocycles. The second kappa shape index (κ2) is 6.35. The summed E-state index contributed by atoms with van der Waals surface area (Å²) in [6, 6.07) is 0. The summed E-state index contributed by atoms with van der Waals surface area (Å²) < 4.78 is 0. The van der Waals surface area contributed by atoms with Crippen LogP contribution in [0.5, 0.6) is 0 Å². The molecule has 1 aliphatic rings. The number of aromatic nitrogens is 2. The number of hydrogen-bond donors (Lipinski definition) is 2. The van der Waals surface area contributed by atoms with Gasteiger partial charge in [0.05, 0.1) is 18.1 Å². The van der Waals surface area contributed by atoms with Crippen molar-refractivity contribution in [2.75, 3.05) is 18.8 Å². The molecule has 0 radical (unpaired) electrons. The van der Waals surface area contributed by atoms with Gasteiger partial charge in [-0.1, -0.05) is 13.8 Å². The molecule has 0 aromatic carbocycles. The summed E-state index contributed by atoms with van der Waals surface area (Å²) in [7, 11) is 0. The first-order chi connectivity index (χ1) is 7.36. The smallest absolute Gasteiger partial charge is 0.141 e. The Balaban J connectivity index is 0.000000531. The summed E-state index contributed by atoms with van der Waals surface area (Å²) in [6.07, 6.45) is 5.74. The Labute approximate surface area is 91.3 Å². The minimum absolute atomic E-state index is 0.498. The van der Waals surface area contributed by atoms with Crippen LogP contribution in [0.2, 0.25) is 0 Å². The van der Waals surface area contributed by atoms with Gasteiger partial charge in [0, 0.05) is 5.92 Å². The summed E-state index contributed by atoms with van der Waals surface area (Å²) in [5, 5.41) is 3.32. The fourth-order valence-corrected chi connectivity index (χ4v) is 1.68. The van der Waals surface area contributed by atoms with Crippen molar-refractivity contribution < 1.29 is 0 Å². The van der Waals surface area contributed by atoms with Crippen LogP contribution < -0.4 is 11.1 Å². The van der Waals surface area contributed by atoms with E-state index in [2.05, 4.69) is 15.3 Å². The molecule has 4 nitrogen and oxygen atoms in total. The second-order valence-corrected chi connectivity index (χ2v) is 3.39. The predicted octanol–water partition coefficient (Wildman–Crippen LogP) is 1.55. The van der Waals surface area contributed by atoms with Gasteiger partial charge in [0.1, 0.15) is 5.82 Å². The maximum absolute atomic E-state index is 5.47. The molecule has 2 rings (SSSR count). The van der Waals surface area contributed by atoms with Crippen LogP contribution in [-0.4, -0.2) is 23.1 Å². The van der Waals surface area contributed by atoms with Gasteiger partial charge in [-0.15, -0.1) is 0 Å². The Kier molecular flexibility index (Phi) is 5.04. The Hall–Kier alpha value is -1.16. The molecule has 0 spiro atoms. The monoisotopic (exact) mass is 208 g/mol. The van der Waals surface area contributed by atoms with Crippen LogP contribution >= 0.6 is 0 Å². The Morgan fingerprint density at radius 2 is 1.87 bits per heavy atom. The van der Waals surface area contributed by atoms with Crippen LogP contribution in [-0.2, 0) is 0 Å². The van der Waals surface area contributed by atoms with Crippen LogP contribution in [0.15, 0.2) is 12.4 Å². The van der Waals surface area contributed by atoms with Crippen molar-refractivity contribution in [3.05, 3.63) is 18.1 Å². The molecule has 4 heteroatoms. The Morgan fingerprint density at radius 3 is 2.40 bits per heavy atom. The van der Waals surface area contributed by atoms with Crippen molar-refractivity contribution >= 4 is 5.82 Å². The quantitative estimate of drug-likeness (QED) is 0.735. The highest BCUT2D eigenvalue weighted by molar-refractivity contribution is 5.23. The zero-order chi connectivity index (χ0) is 11.1. The van der Waals surface area contributed by atoms with Crippen LogP contribution in [0.1, 0.15) is 38.3 Å². The van der Waals surface area contributed by atoms with Gasteiger partial charge in [0.2, 0.25) is 0 Å². The molecular weight excluding hydrogens is 188 g/mol. The van der Waals surface area contributed by atoms with Crippen LogP contribution in [0.3, 0.4) is 0 Å². The lowest BCUT2D eigenvalue weighted by molar-refractivity contribution is 0.452. The maximum Gasteiger partial charge on any atom is 0.141 e. The van der Waals surface area contributed by atoms with Crippen molar-refractivity contribution in [1.29, 1.82) is 0 Å². The van der Waals surface area contributed by atoms with E-state index in [9.17, 15) is 0 Å². The molecule has 84 valence electrons. The first kappa shape index (κ1) is 11.9. The minimum atomic E-state index is 0.498. The fraction of sp³-hybridized carbons (Fsp3) is 0.636. The molecule has 0 amide bonds. The summed E-state index contributed by atoms with van der Waals surface area (Å²) in [6.45, 7) is 6.16. The normalized spacial score (nSPS) is 16.7. The number of nitrogen functional groups attached to an aromatic ring is 1. The third kappa shape index (κ3) is 3.47. The highest BCUT2D eigenvalue weighted by Gasteiger charge is 2.16. The number of nitrogens with one attached hydrogen (secondary N) is 1. The van der Waals surface area contributed by atoms with E-state index < -0.39 is 0 Å².